The van der Waals surface area contributed by atoms with E-state index in [9.17, 15) is 25.0 Å². The number of non-ortho nitro benzene ring substituents is 1. The van der Waals surface area contributed by atoms with Gasteiger partial charge in [-0.25, -0.2) is 5.43 Å². The maximum absolute atomic E-state index is 12.1. The van der Waals surface area contributed by atoms with E-state index in [2.05, 4.69) is 14.9 Å². The molecule has 0 fully saturated rings. The number of carbonyl (C=O) groups is 1. The second kappa shape index (κ2) is 7.88. The Kier molecular flexibility index (Phi) is 5.36. The van der Waals surface area contributed by atoms with E-state index in [1.54, 1.807) is 0 Å². The summed E-state index contributed by atoms with van der Waals surface area (Å²) in [6, 6.07) is 9.02. The van der Waals surface area contributed by atoms with Gasteiger partial charge < -0.3 is 0 Å². The zero-order valence-electron chi connectivity index (χ0n) is 14.5. The van der Waals surface area contributed by atoms with Crippen LogP contribution in [0, 0.1) is 27.2 Å². The lowest BCUT2D eigenvalue weighted by Gasteiger charge is -2.00. The largest absolute Gasteiger partial charge is 0.285 e. The first-order chi connectivity index (χ1) is 13.3. The highest BCUT2D eigenvalue weighted by Gasteiger charge is 2.18. The zero-order valence-corrected chi connectivity index (χ0v) is 15.3. The highest BCUT2D eigenvalue weighted by Crippen LogP contribution is 2.25. The molecule has 10 nitrogen and oxygen atoms in total. The number of carbonyl (C=O) groups excluding carboxylic acids is 1. The summed E-state index contributed by atoms with van der Waals surface area (Å²) in [5.74, 6) is -0.436. The van der Waals surface area contributed by atoms with E-state index < -0.39 is 27.1 Å². The number of benzene rings is 2. The number of amides is 1. The molecule has 1 heterocycles. The van der Waals surface area contributed by atoms with Crippen molar-refractivity contribution in [3.8, 4) is 0 Å². The van der Waals surface area contributed by atoms with Crippen LogP contribution >= 0.6 is 11.5 Å². The summed E-state index contributed by atoms with van der Waals surface area (Å²) in [5.41, 5.74) is 3.12. The monoisotopic (exact) mass is 399 g/mol. The number of nitrogens with one attached hydrogen (secondary N) is 1. The highest BCUT2D eigenvalue weighted by molar-refractivity contribution is 7.13. The molecule has 3 rings (SSSR count). The van der Waals surface area contributed by atoms with Crippen LogP contribution in [0.5, 0.6) is 0 Å². The van der Waals surface area contributed by atoms with E-state index in [1.807, 2.05) is 25.1 Å². The summed E-state index contributed by atoms with van der Waals surface area (Å²) < 4.78 is 5.25. The highest BCUT2D eigenvalue weighted by atomic mass is 32.1. The quantitative estimate of drug-likeness (QED) is 0.383. The molecule has 0 aliphatic carbocycles. The number of nitrogens with zero attached hydrogens (tertiary/aromatic N) is 4. The Bertz CT molecular complexity index is 1120. The fourth-order valence-corrected chi connectivity index (χ4v) is 3.28. The first-order valence-electron chi connectivity index (χ1n) is 7.95. The number of rotatable bonds is 6. The second-order valence-corrected chi connectivity index (χ2v) is 6.66. The molecule has 1 N–H and O–H groups in total. The van der Waals surface area contributed by atoms with Crippen molar-refractivity contribution in [3.63, 3.8) is 0 Å². The third-order valence-electron chi connectivity index (χ3n) is 3.84. The van der Waals surface area contributed by atoms with Crippen molar-refractivity contribution in [1.29, 1.82) is 0 Å². The topological polar surface area (TPSA) is 141 Å². The molecule has 2 aromatic carbocycles. The van der Waals surface area contributed by atoms with Crippen LogP contribution in [0.3, 0.4) is 0 Å². The molecule has 0 saturated heterocycles. The Morgan fingerprint density at radius 1 is 1.21 bits per heavy atom. The first-order valence-corrected chi connectivity index (χ1v) is 8.72. The van der Waals surface area contributed by atoms with Gasteiger partial charge in [-0.2, -0.15) is 9.47 Å². The van der Waals surface area contributed by atoms with Gasteiger partial charge in [-0.15, -0.1) is 0 Å². The molecular formula is C17H13N5O5S. The number of aromatic nitrogens is 1. The average Bonchev–Trinajstić information content (AvgIpc) is 3.03. The molecule has 28 heavy (non-hydrogen) atoms. The van der Waals surface area contributed by atoms with Gasteiger partial charge in [-0.05, 0) is 36.7 Å². The summed E-state index contributed by atoms with van der Waals surface area (Å²) >= 11 is 1.30. The summed E-state index contributed by atoms with van der Waals surface area (Å²) in [6.45, 7) is 1.95. The Morgan fingerprint density at radius 3 is 2.71 bits per heavy atom. The van der Waals surface area contributed by atoms with Gasteiger partial charge in [0.05, 0.1) is 44.5 Å². The number of hydrazone groups is 1. The van der Waals surface area contributed by atoms with Crippen molar-refractivity contribution in [2.45, 2.75) is 13.3 Å². The van der Waals surface area contributed by atoms with Crippen molar-refractivity contribution >= 4 is 45.1 Å². The van der Waals surface area contributed by atoms with Crippen LogP contribution in [0.25, 0.3) is 10.1 Å². The van der Waals surface area contributed by atoms with Crippen LogP contribution in [0.4, 0.5) is 11.4 Å². The maximum atomic E-state index is 12.1. The number of nitro benzene ring substituents is 2. The third kappa shape index (κ3) is 4.15. The van der Waals surface area contributed by atoms with Crippen molar-refractivity contribution < 1.29 is 14.6 Å². The van der Waals surface area contributed by atoms with Crippen molar-refractivity contribution in [1.82, 2.24) is 9.80 Å². The van der Waals surface area contributed by atoms with Crippen LogP contribution in [-0.4, -0.2) is 26.3 Å². The number of aryl methyl sites for hydroxylation is 1. The molecule has 0 spiro atoms. The summed E-state index contributed by atoms with van der Waals surface area (Å²) in [5, 5.41) is 26.4. The van der Waals surface area contributed by atoms with Crippen LogP contribution in [-0.2, 0) is 11.2 Å². The van der Waals surface area contributed by atoms with E-state index in [1.165, 1.54) is 17.6 Å². The van der Waals surface area contributed by atoms with Crippen molar-refractivity contribution in [2.24, 2.45) is 5.10 Å². The molecule has 0 atom stereocenters. The molecule has 0 bridgehead atoms. The first kappa shape index (κ1) is 19.0. The fraction of sp³-hybridized carbons (Fsp3) is 0.118. The summed E-state index contributed by atoms with van der Waals surface area (Å²) in [4.78, 5) is 32.5. The molecule has 3 aromatic rings. The van der Waals surface area contributed by atoms with E-state index in [0.717, 1.165) is 34.0 Å². The molecule has 0 aliphatic heterocycles. The number of hydrogen-bond acceptors (Lipinski definition) is 8. The second-order valence-electron chi connectivity index (χ2n) is 5.86. The van der Waals surface area contributed by atoms with Crippen LogP contribution in [0.15, 0.2) is 41.5 Å². The van der Waals surface area contributed by atoms with Crippen molar-refractivity contribution in [3.05, 3.63) is 73.4 Å². The lowest BCUT2D eigenvalue weighted by Crippen LogP contribution is -2.20. The molecule has 0 saturated carbocycles. The smallest absolute Gasteiger partial charge is 0.273 e. The fourth-order valence-electron chi connectivity index (χ4n) is 2.51. The van der Waals surface area contributed by atoms with E-state index in [4.69, 9.17) is 0 Å². The zero-order chi connectivity index (χ0) is 20.3. The van der Waals surface area contributed by atoms with Gasteiger partial charge in [0.25, 0.3) is 11.4 Å². The number of nitro groups is 2. The molecule has 0 aliphatic rings. The van der Waals surface area contributed by atoms with Gasteiger partial charge in [0.15, 0.2) is 0 Å². The third-order valence-corrected chi connectivity index (χ3v) is 4.71. The molecule has 0 unspecified atom stereocenters. The molecular weight excluding hydrogens is 386 g/mol. The Balaban J connectivity index is 1.72. The molecule has 1 amide bonds. The summed E-state index contributed by atoms with van der Waals surface area (Å²) in [7, 11) is 0. The standard InChI is InChI=1S/C17H13N5O5S/c1-10-2-5-16-13(6-10)14(20-28-16)8-17(23)19-18-9-11-3-4-12(21(24)25)7-15(11)22(26)27/h2-7,9H,8H2,1H3,(H,19,23)/b18-9+. The van der Waals surface area contributed by atoms with Gasteiger partial charge in [0.1, 0.15) is 0 Å². The Hall–Kier alpha value is -3.73. The van der Waals surface area contributed by atoms with Crippen molar-refractivity contribution in [2.75, 3.05) is 0 Å². The van der Waals surface area contributed by atoms with Crippen LogP contribution < -0.4 is 5.43 Å². The van der Waals surface area contributed by atoms with Gasteiger partial charge in [-0.3, -0.25) is 25.0 Å². The lowest BCUT2D eigenvalue weighted by atomic mass is 10.1. The minimum atomic E-state index is -0.750. The Labute approximate surface area is 162 Å². The van der Waals surface area contributed by atoms with E-state index >= 15 is 0 Å². The maximum Gasteiger partial charge on any atom is 0.285 e. The van der Waals surface area contributed by atoms with Gasteiger partial charge >= 0.3 is 0 Å². The van der Waals surface area contributed by atoms with E-state index in [-0.39, 0.29) is 12.0 Å². The minimum absolute atomic E-state index is 0.00312. The van der Waals surface area contributed by atoms with E-state index in [0.29, 0.717) is 5.69 Å². The van der Waals surface area contributed by atoms with Gasteiger partial charge in [0.2, 0.25) is 5.91 Å². The molecule has 11 heteroatoms. The predicted octanol–water partition coefficient (Wildman–Crippen LogP) is 3.11. The van der Waals surface area contributed by atoms with Gasteiger partial charge in [-0.1, -0.05) is 11.6 Å². The molecule has 142 valence electrons. The normalized spacial score (nSPS) is 11.0. The summed E-state index contributed by atoms with van der Waals surface area (Å²) in [6.07, 6.45) is 1.08. The Morgan fingerprint density at radius 2 is 2.00 bits per heavy atom. The number of fused-ring (bicyclic) bond motifs is 1. The minimum Gasteiger partial charge on any atom is -0.273 e. The van der Waals surface area contributed by atoms with Gasteiger partial charge in [0, 0.05) is 11.5 Å². The van der Waals surface area contributed by atoms with Crippen LogP contribution in [0.1, 0.15) is 16.8 Å². The SMILES string of the molecule is Cc1ccc2snc(CC(=O)N/N=C/c3ccc([N+](=O)[O-])cc3[N+](=O)[O-])c2c1. The average molecular weight is 399 g/mol. The van der Waals surface area contributed by atoms with Crippen LogP contribution in [0.2, 0.25) is 0 Å². The molecule has 0 radical (unpaired) electrons. The number of hydrogen-bond donors (Lipinski definition) is 1. The molecule has 1 aromatic heterocycles. The predicted molar refractivity (Wildman–Crippen MR) is 104 cm³/mol. The lowest BCUT2D eigenvalue weighted by molar-refractivity contribution is -0.394.